The smallest absolute Gasteiger partial charge is 0.263 e. The second kappa shape index (κ2) is 7.89. The predicted octanol–water partition coefficient (Wildman–Crippen LogP) is 3.74. The van der Waals surface area contributed by atoms with Crippen LogP contribution in [0.5, 0.6) is 0 Å². The van der Waals surface area contributed by atoms with E-state index >= 15 is 0 Å². The Hall–Kier alpha value is -2.71. The molecule has 2 N–H and O–H groups in total. The number of sulfonamides is 1. The van der Waals surface area contributed by atoms with Crippen LogP contribution in [0.4, 0.5) is 10.8 Å². The van der Waals surface area contributed by atoms with Crippen molar-refractivity contribution >= 4 is 38.1 Å². The number of thiazole rings is 1. The van der Waals surface area contributed by atoms with Crippen LogP contribution >= 0.6 is 11.3 Å². The topological polar surface area (TPSA) is 88.2 Å². The molecular weight excluding hydrogens is 382 g/mol. The molecule has 0 saturated heterocycles. The molecule has 1 amide bonds. The summed E-state index contributed by atoms with van der Waals surface area (Å²) in [5, 5.41) is 4.74. The molecule has 1 aromatic heterocycles. The first-order chi connectivity index (χ1) is 12.8. The third kappa shape index (κ3) is 4.93. The highest BCUT2D eigenvalue weighted by atomic mass is 32.2. The Balaban J connectivity index is 1.65. The third-order valence-electron chi connectivity index (χ3n) is 3.87. The molecule has 6 nitrogen and oxygen atoms in total. The summed E-state index contributed by atoms with van der Waals surface area (Å²) in [6, 6.07) is 14.0. The van der Waals surface area contributed by atoms with Gasteiger partial charge in [0.1, 0.15) is 0 Å². The fourth-order valence-corrected chi connectivity index (χ4v) is 4.36. The van der Waals surface area contributed by atoms with Gasteiger partial charge in [0.15, 0.2) is 5.13 Å². The molecule has 0 radical (unpaired) electrons. The standard InChI is InChI=1S/C19H19N3O3S2/c1-13-7-9-16(10-8-13)27(24,25)22-19-20-15(12-26-19)11-18(23)21-17-6-4-3-5-14(17)2/h3-10,12H,11H2,1-2H3,(H,20,22)(H,21,23). The maximum atomic E-state index is 12.4. The zero-order valence-corrected chi connectivity index (χ0v) is 16.5. The quantitative estimate of drug-likeness (QED) is 0.659. The van der Waals surface area contributed by atoms with Crippen LogP contribution in [-0.4, -0.2) is 19.3 Å². The third-order valence-corrected chi connectivity index (χ3v) is 6.16. The van der Waals surface area contributed by atoms with Crippen molar-refractivity contribution in [1.82, 2.24) is 4.98 Å². The highest BCUT2D eigenvalue weighted by molar-refractivity contribution is 7.93. The molecule has 0 atom stereocenters. The van der Waals surface area contributed by atoms with E-state index < -0.39 is 10.0 Å². The van der Waals surface area contributed by atoms with Crippen molar-refractivity contribution < 1.29 is 13.2 Å². The van der Waals surface area contributed by atoms with Crippen LogP contribution in [0.2, 0.25) is 0 Å². The molecule has 0 aliphatic carbocycles. The van der Waals surface area contributed by atoms with Crippen molar-refractivity contribution in [2.45, 2.75) is 25.2 Å². The van der Waals surface area contributed by atoms with Gasteiger partial charge < -0.3 is 5.32 Å². The number of rotatable bonds is 6. The maximum Gasteiger partial charge on any atom is 0.263 e. The molecular formula is C19H19N3O3S2. The Morgan fingerprint density at radius 2 is 1.78 bits per heavy atom. The van der Waals surface area contributed by atoms with Crippen molar-refractivity contribution in [2.24, 2.45) is 0 Å². The Bertz CT molecular complexity index is 1060. The number of nitrogens with zero attached hydrogens (tertiary/aromatic N) is 1. The normalized spacial score (nSPS) is 11.2. The lowest BCUT2D eigenvalue weighted by atomic mass is 10.2. The SMILES string of the molecule is Cc1ccc(S(=O)(=O)Nc2nc(CC(=O)Nc3ccccc3C)cs2)cc1. The molecule has 3 rings (SSSR count). The summed E-state index contributed by atoms with van der Waals surface area (Å²) < 4.78 is 27.3. The first kappa shape index (κ1) is 19.1. The minimum Gasteiger partial charge on any atom is -0.326 e. The molecule has 0 unspecified atom stereocenters. The van der Waals surface area contributed by atoms with Crippen molar-refractivity contribution in [3.05, 3.63) is 70.7 Å². The van der Waals surface area contributed by atoms with E-state index in [1.807, 2.05) is 38.1 Å². The van der Waals surface area contributed by atoms with Gasteiger partial charge in [-0.3, -0.25) is 9.52 Å². The summed E-state index contributed by atoms with van der Waals surface area (Å²) in [4.78, 5) is 16.6. The predicted molar refractivity (Wildman–Crippen MR) is 108 cm³/mol. The van der Waals surface area contributed by atoms with Crippen molar-refractivity contribution in [1.29, 1.82) is 0 Å². The van der Waals surface area contributed by atoms with E-state index in [1.54, 1.807) is 29.6 Å². The van der Waals surface area contributed by atoms with E-state index in [2.05, 4.69) is 15.0 Å². The van der Waals surface area contributed by atoms with Gasteiger partial charge in [-0.15, -0.1) is 11.3 Å². The highest BCUT2D eigenvalue weighted by Crippen LogP contribution is 2.21. The van der Waals surface area contributed by atoms with Crippen LogP contribution in [0, 0.1) is 13.8 Å². The van der Waals surface area contributed by atoms with E-state index in [1.165, 1.54) is 0 Å². The number of carbonyl (C=O) groups is 1. The molecule has 1 heterocycles. The monoisotopic (exact) mass is 401 g/mol. The molecule has 0 bridgehead atoms. The number of para-hydroxylation sites is 1. The summed E-state index contributed by atoms with van der Waals surface area (Å²) in [6.07, 6.45) is 0.0666. The number of amides is 1. The van der Waals surface area contributed by atoms with Crippen LogP contribution < -0.4 is 10.0 Å². The van der Waals surface area contributed by atoms with Gasteiger partial charge >= 0.3 is 0 Å². The Labute approximate surface area is 162 Å². The number of nitrogens with one attached hydrogen (secondary N) is 2. The minimum atomic E-state index is -3.70. The second-order valence-electron chi connectivity index (χ2n) is 6.10. The molecule has 0 aliphatic heterocycles. The minimum absolute atomic E-state index is 0.0666. The van der Waals surface area contributed by atoms with Crippen molar-refractivity contribution in [2.75, 3.05) is 10.0 Å². The van der Waals surface area contributed by atoms with Gasteiger partial charge in [0.05, 0.1) is 17.0 Å². The summed E-state index contributed by atoms with van der Waals surface area (Å²) in [6.45, 7) is 3.80. The lowest BCUT2D eigenvalue weighted by Gasteiger charge is -2.07. The largest absolute Gasteiger partial charge is 0.326 e. The number of hydrogen-bond acceptors (Lipinski definition) is 5. The Kier molecular flexibility index (Phi) is 5.57. The lowest BCUT2D eigenvalue weighted by Crippen LogP contribution is -2.16. The Morgan fingerprint density at radius 3 is 2.48 bits per heavy atom. The van der Waals surface area contributed by atoms with Gasteiger partial charge in [-0.25, -0.2) is 13.4 Å². The lowest BCUT2D eigenvalue weighted by molar-refractivity contribution is -0.115. The van der Waals surface area contributed by atoms with Crippen LogP contribution in [-0.2, 0) is 21.2 Å². The molecule has 0 saturated carbocycles. The van der Waals surface area contributed by atoms with Crippen LogP contribution in [0.15, 0.2) is 58.8 Å². The molecule has 0 aliphatic rings. The van der Waals surface area contributed by atoms with E-state index in [0.717, 1.165) is 28.2 Å². The van der Waals surface area contributed by atoms with Gasteiger partial charge in [-0.05, 0) is 37.6 Å². The maximum absolute atomic E-state index is 12.4. The number of benzene rings is 2. The van der Waals surface area contributed by atoms with E-state index in [4.69, 9.17) is 0 Å². The zero-order chi connectivity index (χ0) is 19.4. The fourth-order valence-electron chi connectivity index (χ4n) is 2.40. The van der Waals surface area contributed by atoms with E-state index in [-0.39, 0.29) is 22.4 Å². The van der Waals surface area contributed by atoms with Crippen LogP contribution in [0.1, 0.15) is 16.8 Å². The molecule has 2 aromatic carbocycles. The second-order valence-corrected chi connectivity index (χ2v) is 8.64. The fraction of sp³-hybridized carbons (Fsp3) is 0.158. The van der Waals surface area contributed by atoms with Gasteiger partial charge in [0.2, 0.25) is 5.91 Å². The average molecular weight is 402 g/mol. The Morgan fingerprint density at radius 1 is 1.07 bits per heavy atom. The van der Waals surface area contributed by atoms with E-state index in [9.17, 15) is 13.2 Å². The number of hydrogen-bond donors (Lipinski definition) is 2. The summed E-state index contributed by atoms with van der Waals surface area (Å²) in [7, 11) is -3.70. The van der Waals surface area contributed by atoms with Crippen LogP contribution in [0.3, 0.4) is 0 Å². The summed E-state index contributed by atoms with van der Waals surface area (Å²) >= 11 is 1.14. The van der Waals surface area contributed by atoms with Crippen molar-refractivity contribution in [3.63, 3.8) is 0 Å². The zero-order valence-electron chi connectivity index (χ0n) is 14.9. The first-order valence-electron chi connectivity index (χ1n) is 8.23. The molecule has 27 heavy (non-hydrogen) atoms. The molecule has 0 spiro atoms. The number of aromatic nitrogens is 1. The molecule has 8 heteroatoms. The van der Waals surface area contributed by atoms with Gasteiger partial charge in [0.25, 0.3) is 10.0 Å². The average Bonchev–Trinajstić information content (AvgIpc) is 3.03. The highest BCUT2D eigenvalue weighted by Gasteiger charge is 2.16. The summed E-state index contributed by atoms with van der Waals surface area (Å²) in [5.74, 6) is -0.206. The van der Waals surface area contributed by atoms with Gasteiger partial charge in [-0.1, -0.05) is 35.9 Å². The summed E-state index contributed by atoms with van der Waals surface area (Å²) in [5.41, 5.74) is 3.20. The van der Waals surface area contributed by atoms with Gasteiger partial charge in [-0.2, -0.15) is 0 Å². The van der Waals surface area contributed by atoms with Crippen molar-refractivity contribution in [3.8, 4) is 0 Å². The molecule has 140 valence electrons. The number of carbonyl (C=O) groups excluding carboxylic acids is 1. The number of anilines is 2. The number of aryl methyl sites for hydroxylation is 2. The molecule has 0 fully saturated rings. The van der Waals surface area contributed by atoms with Crippen LogP contribution in [0.25, 0.3) is 0 Å². The first-order valence-corrected chi connectivity index (χ1v) is 10.6. The van der Waals surface area contributed by atoms with Gasteiger partial charge in [0, 0.05) is 11.1 Å². The van der Waals surface area contributed by atoms with E-state index in [0.29, 0.717) is 5.69 Å². The molecule has 3 aromatic rings.